The quantitative estimate of drug-likeness (QED) is 0.708. The van der Waals surface area contributed by atoms with E-state index in [9.17, 15) is 4.79 Å². The van der Waals surface area contributed by atoms with Crippen LogP contribution in [0.1, 0.15) is 64.5 Å². The van der Waals surface area contributed by atoms with Crippen LogP contribution in [0.2, 0.25) is 0 Å². The number of thiazole rings is 1. The topological polar surface area (TPSA) is 76.5 Å². The number of aromatic nitrogens is 5. The van der Waals surface area contributed by atoms with E-state index in [1.807, 2.05) is 13.8 Å². The van der Waals surface area contributed by atoms with Gasteiger partial charge in [0.2, 0.25) is 0 Å². The number of rotatable bonds is 4. The molecule has 0 spiro atoms. The molecule has 0 fully saturated rings. The predicted octanol–water partition coefficient (Wildman–Crippen LogP) is 3.87. The number of carbonyl (C=O) groups excluding carboxylic acids is 1. The minimum absolute atomic E-state index is 0.0871. The van der Waals surface area contributed by atoms with E-state index in [2.05, 4.69) is 25.1 Å². The number of H-pyrrole nitrogens is 1. The van der Waals surface area contributed by atoms with E-state index in [-0.39, 0.29) is 5.78 Å². The summed E-state index contributed by atoms with van der Waals surface area (Å²) < 4.78 is 2.27. The number of aryl methyl sites for hydroxylation is 2. The molecule has 0 radical (unpaired) electrons. The highest BCUT2D eigenvalue weighted by Gasteiger charge is 2.19. The summed E-state index contributed by atoms with van der Waals surface area (Å²) in [7, 11) is 0. The minimum Gasteiger partial charge on any atom is -0.356 e. The Labute approximate surface area is 156 Å². The SMILES string of the molecule is CC(=O)c1c(C)[nH]c(-c2csc(Cc3nnc4n3CCCCC4)n2)c1C. The predicted molar refractivity (Wildman–Crippen MR) is 102 cm³/mol. The van der Waals surface area contributed by atoms with Gasteiger partial charge in [-0.25, -0.2) is 4.98 Å². The van der Waals surface area contributed by atoms with Gasteiger partial charge in [-0.3, -0.25) is 4.79 Å². The summed E-state index contributed by atoms with van der Waals surface area (Å²) in [5.41, 5.74) is 4.49. The fourth-order valence-corrected chi connectivity index (χ4v) is 4.63. The van der Waals surface area contributed by atoms with Crippen LogP contribution in [0.5, 0.6) is 0 Å². The van der Waals surface area contributed by atoms with Crippen molar-refractivity contribution in [3.63, 3.8) is 0 Å². The van der Waals surface area contributed by atoms with E-state index >= 15 is 0 Å². The summed E-state index contributed by atoms with van der Waals surface area (Å²) >= 11 is 1.63. The van der Waals surface area contributed by atoms with Crippen LogP contribution in [-0.4, -0.2) is 30.5 Å². The van der Waals surface area contributed by atoms with Gasteiger partial charge in [-0.15, -0.1) is 21.5 Å². The number of aromatic amines is 1. The van der Waals surface area contributed by atoms with Crippen molar-refractivity contribution in [2.45, 2.75) is 59.4 Å². The highest BCUT2D eigenvalue weighted by Crippen LogP contribution is 2.29. The molecule has 3 aromatic rings. The fourth-order valence-electron chi connectivity index (χ4n) is 3.85. The first-order chi connectivity index (χ1) is 12.5. The molecule has 1 aliphatic heterocycles. The van der Waals surface area contributed by atoms with Gasteiger partial charge < -0.3 is 9.55 Å². The lowest BCUT2D eigenvalue weighted by atomic mass is 10.1. The maximum absolute atomic E-state index is 11.9. The van der Waals surface area contributed by atoms with Crippen LogP contribution in [0.3, 0.4) is 0 Å². The molecule has 0 saturated carbocycles. The molecule has 6 nitrogen and oxygen atoms in total. The molecule has 26 heavy (non-hydrogen) atoms. The van der Waals surface area contributed by atoms with Crippen LogP contribution in [0.25, 0.3) is 11.4 Å². The van der Waals surface area contributed by atoms with Crippen LogP contribution in [0.15, 0.2) is 5.38 Å². The van der Waals surface area contributed by atoms with Crippen molar-refractivity contribution in [2.24, 2.45) is 0 Å². The summed E-state index contributed by atoms with van der Waals surface area (Å²) in [6.45, 7) is 6.53. The summed E-state index contributed by atoms with van der Waals surface area (Å²) in [5, 5.41) is 11.9. The zero-order valence-electron chi connectivity index (χ0n) is 15.4. The van der Waals surface area contributed by atoms with Crippen LogP contribution in [-0.2, 0) is 19.4 Å². The van der Waals surface area contributed by atoms with Crippen molar-refractivity contribution in [1.82, 2.24) is 24.7 Å². The van der Waals surface area contributed by atoms with Crippen LogP contribution in [0, 0.1) is 13.8 Å². The highest BCUT2D eigenvalue weighted by atomic mass is 32.1. The Morgan fingerprint density at radius 3 is 2.88 bits per heavy atom. The molecule has 136 valence electrons. The third kappa shape index (κ3) is 3.00. The van der Waals surface area contributed by atoms with Crippen molar-refractivity contribution in [2.75, 3.05) is 0 Å². The minimum atomic E-state index is 0.0871. The van der Waals surface area contributed by atoms with Gasteiger partial charge in [-0.05, 0) is 39.2 Å². The Bertz CT molecular complexity index is 965. The monoisotopic (exact) mass is 369 g/mol. The largest absolute Gasteiger partial charge is 0.356 e. The van der Waals surface area contributed by atoms with E-state index in [0.29, 0.717) is 6.42 Å². The number of nitrogens with one attached hydrogen (secondary N) is 1. The summed E-state index contributed by atoms with van der Waals surface area (Å²) in [6.07, 6.45) is 5.37. The maximum Gasteiger partial charge on any atom is 0.161 e. The van der Waals surface area contributed by atoms with Gasteiger partial charge in [0.1, 0.15) is 16.7 Å². The van der Waals surface area contributed by atoms with E-state index in [1.54, 1.807) is 18.3 Å². The molecule has 1 aliphatic rings. The number of carbonyl (C=O) groups is 1. The number of nitrogens with zero attached hydrogens (tertiary/aromatic N) is 4. The number of hydrogen-bond donors (Lipinski definition) is 1. The average molecular weight is 369 g/mol. The Kier molecular flexibility index (Phi) is 4.48. The summed E-state index contributed by atoms with van der Waals surface area (Å²) in [5.74, 6) is 2.20. The van der Waals surface area contributed by atoms with Gasteiger partial charge in [-0.1, -0.05) is 6.42 Å². The Morgan fingerprint density at radius 1 is 1.27 bits per heavy atom. The number of ketones is 1. The van der Waals surface area contributed by atoms with Gasteiger partial charge in [0.05, 0.1) is 17.8 Å². The number of fused-ring (bicyclic) bond motifs is 1. The van der Waals surface area contributed by atoms with Gasteiger partial charge in [0.25, 0.3) is 0 Å². The van der Waals surface area contributed by atoms with Gasteiger partial charge >= 0.3 is 0 Å². The Balaban J connectivity index is 1.61. The van der Waals surface area contributed by atoms with E-state index < -0.39 is 0 Å². The molecule has 0 amide bonds. The van der Waals surface area contributed by atoms with Crippen LogP contribution in [0.4, 0.5) is 0 Å². The van der Waals surface area contributed by atoms with Crippen molar-refractivity contribution < 1.29 is 4.79 Å². The summed E-state index contributed by atoms with van der Waals surface area (Å²) in [6, 6.07) is 0. The molecule has 0 unspecified atom stereocenters. The third-order valence-corrected chi connectivity index (χ3v) is 5.94. The number of hydrogen-bond acceptors (Lipinski definition) is 5. The van der Waals surface area contributed by atoms with Crippen molar-refractivity contribution in [1.29, 1.82) is 0 Å². The lowest BCUT2D eigenvalue weighted by Crippen LogP contribution is -2.06. The number of Topliss-reactive ketones (excluding diaryl/α,β-unsaturated/α-hetero) is 1. The molecule has 4 rings (SSSR count). The Morgan fingerprint density at radius 2 is 2.12 bits per heavy atom. The van der Waals surface area contributed by atoms with Gasteiger partial charge in [0.15, 0.2) is 5.78 Å². The van der Waals surface area contributed by atoms with Crippen molar-refractivity contribution in [3.05, 3.63) is 38.9 Å². The normalized spacial score (nSPS) is 14.3. The lowest BCUT2D eigenvalue weighted by Gasteiger charge is -2.05. The third-order valence-electron chi connectivity index (χ3n) is 5.09. The Hall–Kier alpha value is -2.28. The summed E-state index contributed by atoms with van der Waals surface area (Å²) in [4.78, 5) is 20.0. The molecular weight excluding hydrogens is 346 g/mol. The zero-order chi connectivity index (χ0) is 18.3. The van der Waals surface area contributed by atoms with Crippen LogP contribution >= 0.6 is 11.3 Å². The molecule has 0 saturated heterocycles. The van der Waals surface area contributed by atoms with Crippen molar-refractivity contribution >= 4 is 17.1 Å². The molecule has 4 heterocycles. The standard InChI is InChI=1S/C19H23N5OS/c1-11-18(13(3)25)12(2)20-19(11)14-10-26-17(21-14)9-16-23-22-15-7-5-4-6-8-24(15)16/h10,20H,4-9H2,1-3H3. The second-order valence-electron chi connectivity index (χ2n) is 6.98. The molecule has 3 aromatic heterocycles. The molecule has 0 aliphatic carbocycles. The molecular formula is C19H23N5OS. The zero-order valence-corrected chi connectivity index (χ0v) is 16.2. The molecule has 1 N–H and O–H groups in total. The molecule has 0 aromatic carbocycles. The second kappa shape index (κ2) is 6.79. The van der Waals surface area contributed by atoms with E-state index in [4.69, 9.17) is 4.98 Å². The lowest BCUT2D eigenvalue weighted by molar-refractivity contribution is 0.101. The highest BCUT2D eigenvalue weighted by molar-refractivity contribution is 7.10. The van der Waals surface area contributed by atoms with E-state index in [0.717, 1.165) is 57.8 Å². The first-order valence-corrected chi connectivity index (χ1v) is 9.98. The molecule has 0 bridgehead atoms. The molecule has 7 heteroatoms. The first-order valence-electron chi connectivity index (χ1n) is 9.10. The van der Waals surface area contributed by atoms with Crippen LogP contribution < -0.4 is 0 Å². The van der Waals surface area contributed by atoms with E-state index in [1.165, 1.54) is 19.3 Å². The first kappa shape index (κ1) is 17.1. The van der Waals surface area contributed by atoms with Gasteiger partial charge in [-0.2, -0.15) is 0 Å². The fraction of sp³-hybridized carbons (Fsp3) is 0.474. The molecule has 0 atom stereocenters. The maximum atomic E-state index is 11.9. The van der Waals surface area contributed by atoms with Crippen molar-refractivity contribution in [3.8, 4) is 11.4 Å². The smallest absolute Gasteiger partial charge is 0.161 e. The average Bonchev–Trinajstić information content (AvgIpc) is 3.22. The second-order valence-corrected chi connectivity index (χ2v) is 7.92. The van der Waals surface area contributed by atoms with Gasteiger partial charge in [0, 0.05) is 29.6 Å².